The van der Waals surface area contributed by atoms with E-state index in [1.54, 1.807) is 0 Å². The fourth-order valence-electron chi connectivity index (χ4n) is 4.03. The summed E-state index contributed by atoms with van der Waals surface area (Å²) in [5.74, 6) is 0.988. The SMILES string of the molecule is CCC(CC)C(C)N1C(=O)C2(CCCC2)NC1C. The summed E-state index contributed by atoms with van der Waals surface area (Å²) < 4.78 is 0. The molecule has 1 aliphatic heterocycles. The Kier molecular flexibility index (Phi) is 4.00. The molecule has 1 saturated heterocycles. The largest absolute Gasteiger partial charge is 0.323 e. The number of nitrogens with one attached hydrogen (secondary N) is 1. The second kappa shape index (κ2) is 5.20. The van der Waals surface area contributed by atoms with Gasteiger partial charge in [-0.05, 0) is 32.6 Å². The number of hydrogen-bond acceptors (Lipinski definition) is 2. The van der Waals surface area contributed by atoms with Gasteiger partial charge in [0.25, 0.3) is 0 Å². The molecule has 0 radical (unpaired) electrons. The third-order valence-corrected chi connectivity index (χ3v) is 5.17. The lowest BCUT2D eigenvalue weighted by molar-refractivity contribution is -0.135. The van der Waals surface area contributed by atoms with Gasteiger partial charge in [0.1, 0.15) is 0 Å². The Morgan fingerprint density at radius 2 is 1.89 bits per heavy atom. The molecule has 1 aliphatic carbocycles. The fraction of sp³-hybridized carbons (Fsp3) is 0.933. The molecule has 2 rings (SSSR count). The van der Waals surface area contributed by atoms with E-state index in [2.05, 4.69) is 37.9 Å². The van der Waals surface area contributed by atoms with E-state index in [0.29, 0.717) is 17.9 Å². The second-order valence-corrected chi connectivity index (χ2v) is 6.14. The third-order valence-electron chi connectivity index (χ3n) is 5.17. The molecule has 3 nitrogen and oxygen atoms in total. The lowest BCUT2D eigenvalue weighted by Crippen LogP contribution is -2.46. The molecule has 1 spiro atoms. The van der Waals surface area contributed by atoms with Gasteiger partial charge >= 0.3 is 0 Å². The van der Waals surface area contributed by atoms with E-state index in [4.69, 9.17) is 0 Å². The van der Waals surface area contributed by atoms with Crippen LogP contribution in [0.15, 0.2) is 0 Å². The van der Waals surface area contributed by atoms with Crippen molar-refractivity contribution in [3.05, 3.63) is 0 Å². The molecule has 2 fully saturated rings. The second-order valence-electron chi connectivity index (χ2n) is 6.14. The lowest BCUT2D eigenvalue weighted by atomic mass is 9.92. The maximum absolute atomic E-state index is 12.8. The highest BCUT2D eigenvalue weighted by atomic mass is 16.2. The van der Waals surface area contributed by atoms with Crippen molar-refractivity contribution < 1.29 is 4.79 Å². The maximum Gasteiger partial charge on any atom is 0.244 e. The molecule has 2 atom stereocenters. The molecule has 18 heavy (non-hydrogen) atoms. The molecule has 0 bridgehead atoms. The molecule has 2 unspecified atom stereocenters. The fourth-order valence-corrected chi connectivity index (χ4v) is 4.03. The van der Waals surface area contributed by atoms with Gasteiger partial charge in [-0.25, -0.2) is 0 Å². The molecule has 104 valence electrons. The number of carbonyl (C=O) groups is 1. The van der Waals surface area contributed by atoms with E-state index in [0.717, 1.165) is 25.7 Å². The van der Waals surface area contributed by atoms with Gasteiger partial charge < -0.3 is 4.90 Å². The van der Waals surface area contributed by atoms with Crippen LogP contribution in [0.4, 0.5) is 0 Å². The van der Waals surface area contributed by atoms with Gasteiger partial charge in [-0.15, -0.1) is 0 Å². The Morgan fingerprint density at radius 3 is 2.39 bits per heavy atom. The molecular formula is C15H28N2O. The van der Waals surface area contributed by atoms with Gasteiger partial charge in [-0.2, -0.15) is 0 Å². The molecular weight excluding hydrogens is 224 g/mol. The van der Waals surface area contributed by atoms with Crippen LogP contribution in [0.5, 0.6) is 0 Å². The van der Waals surface area contributed by atoms with Gasteiger partial charge in [-0.3, -0.25) is 10.1 Å². The Balaban J connectivity index is 2.16. The number of nitrogens with zero attached hydrogens (tertiary/aromatic N) is 1. The number of hydrogen-bond donors (Lipinski definition) is 1. The first kappa shape index (κ1) is 13.9. The zero-order valence-electron chi connectivity index (χ0n) is 12.3. The van der Waals surface area contributed by atoms with Crippen LogP contribution in [0, 0.1) is 5.92 Å². The Bertz CT molecular complexity index is 306. The first-order valence-corrected chi connectivity index (χ1v) is 7.66. The van der Waals surface area contributed by atoms with Crippen molar-refractivity contribution in [2.45, 2.75) is 84.0 Å². The zero-order chi connectivity index (χ0) is 13.3. The highest BCUT2D eigenvalue weighted by molar-refractivity contribution is 5.89. The van der Waals surface area contributed by atoms with E-state index in [1.807, 2.05) is 0 Å². The summed E-state index contributed by atoms with van der Waals surface area (Å²) in [6, 6.07) is 0.356. The number of rotatable bonds is 4. The summed E-state index contributed by atoms with van der Waals surface area (Å²) in [6.07, 6.45) is 6.95. The van der Waals surface area contributed by atoms with Gasteiger partial charge in [-0.1, -0.05) is 39.5 Å². The van der Waals surface area contributed by atoms with Crippen molar-refractivity contribution in [1.82, 2.24) is 10.2 Å². The standard InChI is InChI=1S/C15H28N2O/c1-5-13(6-2)11(3)17-12(4)16-15(14(17)18)9-7-8-10-15/h11-13,16H,5-10H2,1-4H3. The van der Waals surface area contributed by atoms with Crippen molar-refractivity contribution in [3.8, 4) is 0 Å². The van der Waals surface area contributed by atoms with Gasteiger partial charge in [0.15, 0.2) is 0 Å². The van der Waals surface area contributed by atoms with Crippen LogP contribution in [0.3, 0.4) is 0 Å². The van der Waals surface area contributed by atoms with Gasteiger partial charge in [0.05, 0.1) is 11.7 Å². The number of carbonyl (C=O) groups excluding carboxylic acids is 1. The van der Waals surface area contributed by atoms with E-state index >= 15 is 0 Å². The van der Waals surface area contributed by atoms with E-state index in [-0.39, 0.29) is 11.7 Å². The van der Waals surface area contributed by atoms with E-state index in [9.17, 15) is 4.79 Å². The van der Waals surface area contributed by atoms with E-state index < -0.39 is 0 Å². The molecule has 0 aromatic rings. The minimum Gasteiger partial charge on any atom is -0.323 e. The highest BCUT2D eigenvalue weighted by Crippen LogP contribution is 2.38. The Hall–Kier alpha value is -0.570. The molecule has 0 aromatic heterocycles. The Labute approximate surface area is 111 Å². The summed E-state index contributed by atoms with van der Waals surface area (Å²) in [6.45, 7) is 8.83. The third kappa shape index (κ3) is 2.07. The maximum atomic E-state index is 12.8. The van der Waals surface area contributed by atoms with Crippen molar-refractivity contribution >= 4 is 5.91 Å². The average Bonchev–Trinajstić information content (AvgIpc) is 2.88. The molecule has 1 saturated carbocycles. The molecule has 0 aromatic carbocycles. The minimum atomic E-state index is -0.209. The Morgan fingerprint density at radius 1 is 1.33 bits per heavy atom. The monoisotopic (exact) mass is 252 g/mol. The molecule has 1 N–H and O–H groups in total. The summed E-state index contributed by atoms with van der Waals surface area (Å²) >= 11 is 0. The summed E-state index contributed by atoms with van der Waals surface area (Å²) in [4.78, 5) is 14.9. The predicted octanol–water partition coefficient (Wildman–Crippen LogP) is 2.90. The topological polar surface area (TPSA) is 32.3 Å². The van der Waals surface area contributed by atoms with Crippen molar-refractivity contribution in [2.75, 3.05) is 0 Å². The first-order valence-electron chi connectivity index (χ1n) is 7.66. The van der Waals surface area contributed by atoms with Crippen LogP contribution in [0.25, 0.3) is 0 Å². The quantitative estimate of drug-likeness (QED) is 0.834. The van der Waals surface area contributed by atoms with Crippen molar-refractivity contribution in [1.29, 1.82) is 0 Å². The smallest absolute Gasteiger partial charge is 0.244 e. The summed E-state index contributed by atoms with van der Waals surface area (Å²) in [5.41, 5.74) is -0.209. The number of amides is 1. The molecule has 3 heteroatoms. The highest BCUT2D eigenvalue weighted by Gasteiger charge is 2.52. The van der Waals surface area contributed by atoms with Crippen LogP contribution < -0.4 is 5.32 Å². The normalized spacial score (nSPS) is 28.6. The first-order chi connectivity index (χ1) is 8.55. The van der Waals surface area contributed by atoms with E-state index in [1.165, 1.54) is 12.8 Å². The average molecular weight is 252 g/mol. The molecule has 1 heterocycles. The summed E-state index contributed by atoms with van der Waals surface area (Å²) in [7, 11) is 0. The van der Waals surface area contributed by atoms with Gasteiger partial charge in [0.2, 0.25) is 5.91 Å². The van der Waals surface area contributed by atoms with Crippen LogP contribution >= 0.6 is 0 Å². The van der Waals surface area contributed by atoms with Crippen LogP contribution in [0.2, 0.25) is 0 Å². The molecule has 1 amide bonds. The van der Waals surface area contributed by atoms with Crippen molar-refractivity contribution in [2.24, 2.45) is 5.92 Å². The van der Waals surface area contributed by atoms with Crippen LogP contribution in [0.1, 0.15) is 66.2 Å². The predicted molar refractivity (Wildman–Crippen MR) is 74.2 cm³/mol. The summed E-state index contributed by atoms with van der Waals surface area (Å²) in [5, 5.41) is 3.59. The van der Waals surface area contributed by atoms with Crippen LogP contribution in [-0.4, -0.2) is 28.6 Å². The van der Waals surface area contributed by atoms with Crippen LogP contribution in [-0.2, 0) is 4.79 Å². The minimum absolute atomic E-state index is 0.200. The van der Waals surface area contributed by atoms with Gasteiger partial charge in [0, 0.05) is 6.04 Å². The molecule has 2 aliphatic rings. The zero-order valence-corrected chi connectivity index (χ0v) is 12.3. The van der Waals surface area contributed by atoms with Crippen molar-refractivity contribution in [3.63, 3.8) is 0 Å². The lowest BCUT2D eigenvalue weighted by Gasteiger charge is -2.34.